The third-order valence-electron chi connectivity index (χ3n) is 3.45. The van der Waals surface area contributed by atoms with Gasteiger partial charge in [0.15, 0.2) is 5.82 Å². The topological polar surface area (TPSA) is 71.8 Å². The molecule has 1 saturated heterocycles. The molecule has 1 aromatic heterocycles. The highest BCUT2D eigenvalue weighted by Crippen LogP contribution is 2.09. The molecule has 1 fully saturated rings. The Morgan fingerprint density at radius 2 is 2.25 bits per heavy atom. The molecule has 1 aliphatic rings. The van der Waals surface area contributed by atoms with Crippen LogP contribution in [-0.4, -0.2) is 33.3 Å². The summed E-state index contributed by atoms with van der Waals surface area (Å²) in [6, 6.07) is 9.77. The van der Waals surface area contributed by atoms with Crippen molar-refractivity contribution in [1.29, 1.82) is 0 Å². The van der Waals surface area contributed by atoms with Gasteiger partial charge in [0, 0.05) is 5.69 Å². The van der Waals surface area contributed by atoms with Crippen LogP contribution in [0.5, 0.6) is 0 Å². The molecule has 6 nitrogen and oxygen atoms in total. The van der Waals surface area contributed by atoms with Gasteiger partial charge in [0.2, 0.25) is 5.91 Å². The first kappa shape index (κ1) is 12.8. The number of benzene rings is 1. The summed E-state index contributed by atoms with van der Waals surface area (Å²) in [5, 5.41) is 14.1. The van der Waals surface area contributed by atoms with Crippen LogP contribution >= 0.6 is 0 Å². The summed E-state index contributed by atoms with van der Waals surface area (Å²) < 4.78 is 1.88. The predicted molar refractivity (Wildman–Crippen MR) is 74.2 cm³/mol. The van der Waals surface area contributed by atoms with Crippen LogP contribution in [0.15, 0.2) is 36.7 Å². The number of nitrogens with one attached hydrogen (secondary N) is 2. The van der Waals surface area contributed by atoms with Crippen LogP contribution in [0.2, 0.25) is 0 Å². The van der Waals surface area contributed by atoms with Gasteiger partial charge >= 0.3 is 0 Å². The van der Waals surface area contributed by atoms with Gasteiger partial charge in [-0.1, -0.05) is 18.2 Å². The summed E-state index contributed by atoms with van der Waals surface area (Å²) in [6.07, 6.45) is 3.61. The molecule has 0 saturated carbocycles. The molecule has 0 spiro atoms. The van der Waals surface area contributed by atoms with E-state index in [2.05, 4.69) is 20.8 Å². The highest BCUT2D eigenvalue weighted by molar-refractivity contribution is 5.81. The Morgan fingerprint density at radius 1 is 1.40 bits per heavy atom. The highest BCUT2D eigenvalue weighted by atomic mass is 16.2. The summed E-state index contributed by atoms with van der Waals surface area (Å²) in [5.41, 5.74) is 0.987. The maximum Gasteiger partial charge on any atom is 0.237 e. The van der Waals surface area contributed by atoms with E-state index in [1.54, 1.807) is 6.33 Å². The molecule has 2 N–H and O–H groups in total. The lowest BCUT2D eigenvalue weighted by molar-refractivity contribution is -0.123. The molecule has 1 atom stereocenters. The van der Waals surface area contributed by atoms with Gasteiger partial charge in [-0.25, -0.2) is 0 Å². The number of aromatic nitrogens is 3. The SMILES string of the molecule is O=C(NCc1nncn1-c1ccccc1)C1CCCN1. The van der Waals surface area contributed by atoms with Gasteiger partial charge in [0.05, 0.1) is 12.6 Å². The quantitative estimate of drug-likeness (QED) is 0.856. The summed E-state index contributed by atoms with van der Waals surface area (Å²) in [7, 11) is 0. The number of amides is 1. The zero-order valence-corrected chi connectivity index (χ0v) is 11.1. The molecule has 1 unspecified atom stereocenters. The fourth-order valence-electron chi connectivity index (χ4n) is 2.38. The fraction of sp³-hybridized carbons (Fsp3) is 0.357. The molecule has 6 heteroatoms. The van der Waals surface area contributed by atoms with Crippen molar-refractivity contribution in [1.82, 2.24) is 25.4 Å². The van der Waals surface area contributed by atoms with E-state index in [1.807, 2.05) is 34.9 Å². The van der Waals surface area contributed by atoms with E-state index >= 15 is 0 Å². The van der Waals surface area contributed by atoms with E-state index in [-0.39, 0.29) is 11.9 Å². The number of hydrogen-bond donors (Lipinski definition) is 2. The van der Waals surface area contributed by atoms with Gasteiger partial charge in [-0.05, 0) is 31.5 Å². The summed E-state index contributed by atoms with van der Waals surface area (Å²) in [4.78, 5) is 12.0. The smallest absolute Gasteiger partial charge is 0.237 e. The summed E-state index contributed by atoms with van der Waals surface area (Å²) in [6.45, 7) is 1.30. The van der Waals surface area contributed by atoms with E-state index in [0.29, 0.717) is 6.54 Å². The lowest BCUT2D eigenvalue weighted by atomic mass is 10.2. The second-order valence-electron chi connectivity index (χ2n) is 4.82. The van der Waals surface area contributed by atoms with Crippen molar-refractivity contribution in [2.45, 2.75) is 25.4 Å². The molecule has 2 heterocycles. The zero-order chi connectivity index (χ0) is 13.8. The summed E-state index contributed by atoms with van der Waals surface area (Å²) in [5.74, 6) is 0.757. The predicted octanol–water partition coefficient (Wildman–Crippen LogP) is 0.635. The standard InChI is InChI=1S/C14H17N5O/c20-14(12-7-4-8-15-12)16-9-13-18-17-10-19(13)11-5-2-1-3-6-11/h1-3,5-6,10,12,15H,4,7-9H2,(H,16,20). The average molecular weight is 271 g/mol. The largest absolute Gasteiger partial charge is 0.347 e. The van der Waals surface area contributed by atoms with Crippen molar-refractivity contribution in [2.24, 2.45) is 0 Å². The number of nitrogens with zero attached hydrogens (tertiary/aromatic N) is 3. The molecule has 2 aromatic rings. The Balaban J connectivity index is 1.66. The van der Waals surface area contributed by atoms with E-state index in [0.717, 1.165) is 30.9 Å². The Morgan fingerprint density at radius 3 is 3.00 bits per heavy atom. The van der Waals surface area contributed by atoms with Crippen LogP contribution in [-0.2, 0) is 11.3 Å². The van der Waals surface area contributed by atoms with Gasteiger partial charge in [-0.15, -0.1) is 10.2 Å². The van der Waals surface area contributed by atoms with Crippen molar-refractivity contribution in [3.05, 3.63) is 42.5 Å². The first-order valence-corrected chi connectivity index (χ1v) is 6.80. The van der Waals surface area contributed by atoms with Gasteiger partial charge in [-0.2, -0.15) is 0 Å². The molecular formula is C14H17N5O. The third kappa shape index (κ3) is 2.70. The number of carbonyl (C=O) groups is 1. The molecule has 20 heavy (non-hydrogen) atoms. The van der Waals surface area contributed by atoms with E-state index < -0.39 is 0 Å². The van der Waals surface area contributed by atoms with Gasteiger partial charge < -0.3 is 10.6 Å². The number of carbonyl (C=O) groups excluding carboxylic acids is 1. The monoisotopic (exact) mass is 271 g/mol. The van der Waals surface area contributed by atoms with Gasteiger partial charge in [0.1, 0.15) is 6.33 Å². The third-order valence-corrected chi connectivity index (χ3v) is 3.45. The van der Waals surface area contributed by atoms with Crippen molar-refractivity contribution in [3.8, 4) is 5.69 Å². The van der Waals surface area contributed by atoms with Crippen LogP contribution in [0.25, 0.3) is 5.69 Å². The summed E-state index contributed by atoms with van der Waals surface area (Å²) >= 11 is 0. The Bertz CT molecular complexity index is 574. The van der Waals surface area contributed by atoms with Crippen LogP contribution in [0.4, 0.5) is 0 Å². The Kier molecular flexibility index (Phi) is 3.73. The minimum atomic E-state index is -0.0666. The Labute approximate surface area is 117 Å². The second-order valence-corrected chi connectivity index (χ2v) is 4.82. The molecule has 1 aliphatic heterocycles. The van der Waals surface area contributed by atoms with Crippen LogP contribution in [0.3, 0.4) is 0 Å². The van der Waals surface area contributed by atoms with Gasteiger partial charge in [-0.3, -0.25) is 9.36 Å². The zero-order valence-electron chi connectivity index (χ0n) is 11.1. The lowest BCUT2D eigenvalue weighted by Gasteiger charge is -2.11. The number of rotatable bonds is 4. The van der Waals surface area contributed by atoms with E-state index in [4.69, 9.17) is 0 Å². The van der Waals surface area contributed by atoms with Crippen LogP contribution in [0, 0.1) is 0 Å². The van der Waals surface area contributed by atoms with Crippen LogP contribution in [0.1, 0.15) is 18.7 Å². The molecule has 0 bridgehead atoms. The van der Waals surface area contributed by atoms with Crippen molar-refractivity contribution >= 4 is 5.91 Å². The van der Waals surface area contributed by atoms with E-state index in [1.165, 1.54) is 0 Å². The van der Waals surface area contributed by atoms with Crippen molar-refractivity contribution in [3.63, 3.8) is 0 Å². The van der Waals surface area contributed by atoms with Gasteiger partial charge in [0.25, 0.3) is 0 Å². The lowest BCUT2D eigenvalue weighted by Crippen LogP contribution is -2.40. The molecule has 104 valence electrons. The molecule has 1 amide bonds. The molecule has 0 radical (unpaired) electrons. The molecular weight excluding hydrogens is 254 g/mol. The van der Waals surface area contributed by atoms with Crippen molar-refractivity contribution < 1.29 is 4.79 Å². The number of hydrogen-bond acceptors (Lipinski definition) is 4. The normalized spacial score (nSPS) is 18.1. The van der Waals surface area contributed by atoms with Crippen molar-refractivity contribution in [2.75, 3.05) is 6.54 Å². The van der Waals surface area contributed by atoms with E-state index in [9.17, 15) is 4.79 Å². The maximum atomic E-state index is 12.0. The minimum absolute atomic E-state index is 0.0325. The minimum Gasteiger partial charge on any atom is -0.347 e. The molecule has 0 aliphatic carbocycles. The second kappa shape index (κ2) is 5.83. The molecule has 1 aromatic carbocycles. The highest BCUT2D eigenvalue weighted by Gasteiger charge is 2.21. The Hall–Kier alpha value is -2.21. The average Bonchev–Trinajstić information content (AvgIpc) is 3.17. The first-order chi connectivity index (χ1) is 9.84. The first-order valence-electron chi connectivity index (χ1n) is 6.80. The number of para-hydroxylation sites is 1. The fourth-order valence-corrected chi connectivity index (χ4v) is 2.38. The maximum absolute atomic E-state index is 12.0. The molecule has 3 rings (SSSR count). The van der Waals surface area contributed by atoms with Crippen LogP contribution < -0.4 is 10.6 Å².